The van der Waals surface area contributed by atoms with Gasteiger partial charge in [-0.3, -0.25) is 14.4 Å². The summed E-state index contributed by atoms with van der Waals surface area (Å²) in [5, 5.41) is 9.23. The topological polar surface area (TPSA) is 122 Å². The number of hydrogen-bond acceptors (Lipinski definition) is 7. The van der Waals surface area contributed by atoms with Gasteiger partial charge in [0.05, 0.1) is 29.5 Å². The van der Waals surface area contributed by atoms with E-state index >= 15 is 0 Å². The number of nitrogens with zero attached hydrogens (tertiary/aromatic N) is 8. The summed E-state index contributed by atoms with van der Waals surface area (Å²) in [5.74, 6) is 3.10. The standard InChI is InChI=1S/C30H39N9O2/c1-18(2)39-28(33-19(3)35-39)24-17-37-12-13-41-25-14-20(9-10-22(25)27(37)34-24)23-15-32-36(6)26(23)21-8-7-11-38(16-21)30(4,5)29(31)40/h9-10,14-15,17-18,21H,7-8,11-13,16H2,1-6H3,(H2,31,40). The number of hydrogen-bond donors (Lipinski definition) is 1. The molecular formula is C30H39N9O2. The molecule has 1 unspecified atom stereocenters. The summed E-state index contributed by atoms with van der Waals surface area (Å²) in [7, 11) is 1.99. The number of nitrogens with two attached hydrogens (primary N) is 1. The Morgan fingerprint density at radius 3 is 2.71 bits per heavy atom. The van der Waals surface area contributed by atoms with Crippen molar-refractivity contribution in [3.63, 3.8) is 0 Å². The van der Waals surface area contributed by atoms with Crippen LogP contribution in [0.5, 0.6) is 5.75 Å². The van der Waals surface area contributed by atoms with E-state index in [1.165, 1.54) is 0 Å². The quantitative estimate of drug-likeness (QED) is 0.381. The molecule has 1 fully saturated rings. The molecule has 4 aromatic rings. The van der Waals surface area contributed by atoms with Gasteiger partial charge in [0.25, 0.3) is 0 Å². The number of primary amides is 1. The fraction of sp³-hybridized carbons (Fsp3) is 0.500. The lowest BCUT2D eigenvalue weighted by Crippen LogP contribution is -2.56. The van der Waals surface area contributed by atoms with Crippen molar-refractivity contribution >= 4 is 5.91 Å². The third kappa shape index (κ3) is 4.71. The summed E-state index contributed by atoms with van der Waals surface area (Å²) in [6.07, 6.45) is 6.01. The average Bonchev–Trinajstić information content (AvgIpc) is 3.62. The maximum Gasteiger partial charge on any atom is 0.237 e. The summed E-state index contributed by atoms with van der Waals surface area (Å²) in [5.41, 5.74) is 10.1. The van der Waals surface area contributed by atoms with Gasteiger partial charge in [-0.05, 0) is 71.7 Å². The van der Waals surface area contributed by atoms with Crippen molar-refractivity contribution in [3.05, 3.63) is 42.1 Å². The molecule has 11 nitrogen and oxygen atoms in total. The van der Waals surface area contributed by atoms with E-state index in [0.717, 1.165) is 77.2 Å². The SMILES string of the molecule is Cc1nc(-c2cn3c(n2)-c2ccc(-c4cnn(C)c4C4CCCN(C(C)(C)C(N)=O)C4)cc2OCC3)n(C(C)C)n1. The van der Waals surface area contributed by atoms with Crippen molar-refractivity contribution in [3.8, 4) is 39.8 Å². The Morgan fingerprint density at radius 2 is 1.95 bits per heavy atom. The maximum absolute atomic E-state index is 12.2. The number of amides is 1. The van der Waals surface area contributed by atoms with Gasteiger partial charge >= 0.3 is 0 Å². The summed E-state index contributed by atoms with van der Waals surface area (Å²) in [4.78, 5) is 24.1. The second-order valence-electron chi connectivity index (χ2n) is 12.0. The number of benzene rings is 1. The number of ether oxygens (including phenoxy) is 1. The van der Waals surface area contributed by atoms with Gasteiger partial charge in [0.2, 0.25) is 5.91 Å². The summed E-state index contributed by atoms with van der Waals surface area (Å²) < 4.78 is 12.3. The van der Waals surface area contributed by atoms with E-state index in [1.54, 1.807) is 0 Å². The Kier molecular flexibility index (Phi) is 6.72. The number of imidazole rings is 1. The molecule has 0 saturated carbocycles. The molecule has 5 heterocycles. The van der Waals surface area contributed by atoms with Crippen LogP contribution in [0.2, 0.25) is 0 Å². The van der Waals surface area contributed by atoms with Crippen LogP contribution < -0.4 is 10.5 Å². The van der Waals surface area contributed by atoms with Crippen molar-refractivity contribution in [1.82, 2.24) is 39.0 Å². The number of likely N-dealkylation sites (tertiary alicyclic amines) is 1. The highest BCUT2D eigenvalue weighted by atomic mass is 16.5. The van der Waals surface area contributed by atoms with Gasteiger partial charge in [-0.2, -0.15) is 10.2 Å². The Hall–Kier alpha value is -3.99. The zero-order chi connectivity index (χ0) is 29.1. The lowest BCUT2D eigenvalue weighted by atomic mass is 9.87. The second-order valence-corrected chi connectivity index (χ2v) is 12.0. The number of piperidine rings is 1. The highest BCUT2D eigenvalue weighted by Crippen LogP contribution is 2.40. The molecule has 3 aromatic heterocycles. The Labute approximate surface area is 240 Å². The molecule has 41 heavy (non-hydrogen) atoms. The van der Waals surface area contributed by atoms with Crippen LogP contribution in [0.1, 0.15) is 64.0 Å². The molecule has 216 valence electrons. The van der Waals surface area contributed by atoms with E-state index in [9.17, 15) is 4.79 Å². The number of aromatic nitrogens is 7. The van der Waals surface area contributed by atoms with Crippen molar-refractivity contribution < 1.29 is 9.53 Å². The van der Waals surface area contributed by atoms with Gasteiger partial charge in [-0.1, -0.05) is 6.07 Å². The Morgan fingerprint density at radius 1 is 1.15 bits per heavy atom. The van der Waals surface area contributed by atoms with Crippen LogP contribution in [0.4, 0.5) is 0 Å². The van der Waals surface area contributed by atoms with Gasteiger partial charge < -0.3 is 15.0 Å². The molecule has 1 aromatic carbocycles. The zero-order valence-corrected chi connectivity index (χ0v) is 24.8. The number of carbonyl (C=O) groups excluding carboxylic acids is 1. The van der Waals surface area contributed by atoms with Crippen molar-refractivity contribution in [1.29, 1.82) is 0 Å². The molecule has 2 aliphatic heterocycles. The first kappa shape index (κ1) is 27.2. The van der Waals surface area contributed by atoms with Crippen LogP contribution in [0.3, 0.4) is 0 Å². The van der Waals surface area contributed by atoms with E-state index in [-0.39, 0.29) is 17.9 Å². The van der Waals surface area contributed by atoms with Crippen LogP contribution in [0.25, 0.3) is 34.0 Å². The van der Waals surface area contributed by atoms with Crippen LogP contribution in [-0.4, -0.2) is 70.1 Å². The second kappa shape index (κ2) is 10.1. The maximum atomic E-state index is 12.2. The molecule has 6 rings (SSSR count). The molecule has 1 saturated heterocycles. The molecule has 1 amide bonds. The third-order valence-electron chi connectivity index (χ3n) is 8.54. The van der Waals surface area contributed by atoms with Crippen molar-refractivity contribution in [2.24, 2.45) is 12.8 Å². The van der Waals surface area contributed by atoms with E-state index in [4.69, 9.17) is 15.5 Å². The molecule has 11 heteroatoms. The average molecular weight is 558 g/mol. The molecule has 2 N–H and O–H groups in total. The molecule has 0 spiro atoms. The van der Waals surface area contributed by atoms with Gasteiger partial charge in [0.1, 0.15) is 29.7 Å². The highest BCUT2D eigenvalue weighted by molar-refractivity contribution is 5.83. The van der Waals surface area contributed by atoms with Crippen molar-refractivity contribution in [2.45, 2.75) is 71.5 Å². The van der Waals surface area contributed by atoms with E-state index in [2.05, 4.69) is 56.7 Å². The monoisotopic (exact) mass is 557 g/mol. The van der Waals surface area contributed by atoms with E-state index in [1.807, 2.05) is 49.6 Å². The molecule has 0 aliphatic carbocycles. The van der Waals surface area contributed by atoms with Gasteiger partial charge in [0.15, 0.2) is 5.82 Å². The van der Waals surface area contributed by atoms with Gasteiger partial charge in [0, 0.05) is 37.3 Å². The van der Waals surface area contributed by atoms with Gasteiger partial charge in [-0.15, -0.1) is 0 Å². The summed E-state index contributed by atoms with van der Waals surface area (Å²) >= 11 is 0. The van der Waals surface area contributed by atoms with Crippen LogP contribution >= 0.6 is 0 Å². The fourth-order valence-corrected chi connectivity index (χ4v) is 6.14. The lowest BCUT2D eigenvalue weighted by molar-refractivity contribution is -0.129. The lowest BCUT2D eigenvalue weighted by Gasteiger charge is -2.41. The third-order valence-corrected chi connectivity index (χ3v) is 8.54. The first-order chi connectivity index (χ1) is 19.5. The predicted octanol–water partition coefficient (Wildman–Crippen LogP) is 3.93. The number of carbonyl (C=O) groups is 1. The molecule has 0 radical (unpaired) electrons. The first-order valence-electron chi connectivity index (χ1n) is 14.4. The Balaban J connectivity index is 1.35. The van der Waals surface area contributed by atoms with E-state index < -0.39 is 5.54 Å². The minimum Gasteiger partial charge on any atom is -0.491 e. The molecule has 1 atom stereocenters. The van der Waals surface area contributed by atoms with Crippen molar-refractivity contribution in [2.75, 3.05) is 19.7 Å². The Bertz CT molecular complexity index is 1610. The van der Waals surface area contributed by atoms with Crippen LogP contribution in [0.15, 0.2) is 30.6 Å². The first-order valence-corrected chi connectivity index (χ1v) is 14.4. The van der Waals surface area contributed by atoms with E-state index in [0.29, 0.717) is 13.2 Å². The summed E-state index contributed by atoms with van der Waals surface area (Å²) in [6.45, 7) is 12.8. The fourth-order valence-electron chi connectivity index (χ4n) is 6.14. The number of aryl methyl sites for hydroxylation is 2. The largest absolute Gasteiger partial charge is 0.491 e. The number of fused-ring (bicyclic) bond motifs is 3. The minimum atomic E-state index is -0.697. The molecule has 0 bridgehead atoms. The number of rotatable bonds is 6. The van der Waals surface area contributed by atoms with Crippen LogP contribution in [-0.2, 0) is 18.4 Å². The highest BCUT2D eigenvalue weighted by Gasteiger charge is 2.37. The molecule has 2 aliphatic rings. The molecular weight excluding hydrogens is 518 g/mol. The minimum absolute atomic E-state index is 0.178. The predicted molar refractivity (Wildman–Crippen MR) is 156 cm³/mol. The normalized spacial score (nSPS) is 17.7. The summed E-state index contributed by atoms with van der Waals surface area (Å²) in [6, 6.07) is 6.50. The van der Waals surface area contributed by atoms with Crippen LogP contribution in [0, 0.1) is 6.92 Å². The zero-order valence-electron chi connectivity index (χ0n) is 24.8. The smallest absolute Gasteiger partial charge is 0.237 e. The van der Waals surface area contributed by atoms with Gasteiger partial charge in [-0.25, -0.2) is 14.6 Å².